The van der Waals surface area contributed by atoms with Crippen molar-refractivity contribution in [3.8, 4) is 11.5 Å². The van der Waals surface area contributed by atoms with Gasteiger partial charge in [-0.2, -0.15) is 0 Å². The first-order valence-electron chi connectivity index (χ1n) is 8.51. The Kier molecular flexibility index (Phi) is 6.31. The number of hydrogen-bond donors (Lipinski definition) is 1. The van der Waals surface area contributed by atoms with Crippen LogP contribution in [0.4, 0.5) is 0 Å². The standard InChI is InChI=1S/C20H27NO4S/c1-13-9-15(3)19(10-14(13)2)25-8-7-21-26(22,23)20-12-16(4)18(24-6)11-17(20)5/h9-12,21H,7-8H2,1-6H3. The zero-order valence-electron chi connectivity index (χ0n) is 16.3. The molecule has 0 saturated heterocycles. The van der Waals surface area contributed by atoms with Gasteiger partial charge in [0.05, 0.1) is 12.0 Å². The number of rotatable bonds is 7. The normalized spacial score (nSPS) is 11.5. The lowest BCUT2D eigenvalue weighted by Gasteiger charge is -2.14. The van der Waals surface area contributed by atoms with Crippen molar-refractivity contribution >= 4 is 10.0 Å². The smallest absolute Gasteiger partial charge is 0.240 e. The zero-order valence-corrected chi connectivity index (χ0v) is 17.1. The van der Waals surface area contributed by atoms with Gasteiger partial charge in [-0.1, -0.05) is 6.07 Å². The summed E-state index contributed by atoms with van der Waals surface area (Å²) in [6.45, 7) is 10.1. The molecule has 0 bridgehead atoms. The molecule has 0 aliphatic carbocycles. The van der Waals surface area contributed by atoms with Crippen LogP contribution in [0.25, 0.3) is 0 Å². The van der Waals surface area contributed by atoms with Crippen molar-refractivity contribution in [1.82, 2.24) is 4.72 Å². The lowest BCUT2D eigenvalue weighted by molar-refractivity contribution is 0.320. The van der Waals surface area contributed by atoms with Gasteiger partial charge in [-0.3, -0.25) is 0 Å². The highest BCUT2D eigenvalue weighted by atomic mass is 32.2. The van der Waals surface area contributed by atoms with Crippen molar-refractivity contribution in [2.45, 2.75) is 39.5 Å². The van der Waals surface area contributed by atoms with Crippen LogP contribution in [0.5, 0.6) is 11.5 Å². The van der Waals surface area contributed by atoms with Crippen LogP contribution in [0.1, 0.15) is 27.8 Å². The first kappa shape index (κ1) is 20.3. The summed E-state index contributed by atoms with van der Waals surface area (Å²) in [5, 5.41) is 0. The monoisotopic (exact) mass is 377 g/mol. The molecule has 0 unspecified atom stereocenters. The predicted molar refractivity (Wildman–Crippen MR) is 104 cm³/mol. The maximum absolute atomic E-state index is 12.6. The van der Waals surface area contributed by atoms with Gasteiger partial charge in [0.25, 0.3) is 0 Å². The molecular formula is C20H27NO4S. The van der Waals surface area contributed by atoms with E-state index in [4.69, 9.17) is 9.47 Å². The molecule has 5 nitrogen and oxygen atoms in total. The summed E-state index contributed by atoms with van der Waals surface area (Å²) in [7, 11) is -2.03. The Morgan fingerprint density at radius 3 is 2.04 bits per heavy atom. The first-order valence-corrected chi connectivity index (χ1v) is 9.99. The van der Waals surface area contributed by atoms with Crippen LogP contribution in [0.2, 0.25) is 0 Å². The molecule has 0 radical (unpaired) electrons. The average molecular weight is 378 g/mol. The fourth-order valence-corrected chi connectivity index (χ4v) is 4.10. The van der Waals surface area contributed by atoms with Crippen LogP contribution in [-0.4, -0.2) is 28.7 Å². The maximum Gasteiger partial charge on any atom is 0.240 e. The van der Waals surface area contributed by atoms with E-state index in [2.05, 4.69) is 17.7 Å². The summed E-state index contributed by atoms with van der Waals surface area (Å²) in [6, 6.07) is 7.41. The minimum atomic E-state index is -3.60. The van der Waals surface area contributed by atoms with Crippen LogP contribution in [-0.2, 0) is 10.0 Å². The Labute approximate surface area is 156 Å². The Morgan fingerprint density at radius 2 is 1.38 bits per heavy atom. The number of sulfonamides is 1. The number of nitrogens with one attached hydrogen (secondary N) is 1. The fourth-order valence-electron chi connectivity index (χ4n) is 2.78. The molecule has 1 N–H and O–H groups in total. The van der Waals surface area contributed by atoms with Gasteiger partial charge in [-0.25, -0.2) is 13.1 Å². The van der Waals surface area contributed by atoms with Crippen molar-refractivity contribution in [3.05, 3.63) is 52.1 Å². The van der Waals surface area contributed by atoms with E-state index in [9.17, 15) is 8.42 Å². The summed E-state index contributed by atoms with van der Waals surface area (Å²) in [5.74, 6) is 1.46. The van der Waals surface area contributed by atoms with Crippen LogP contribution < -0.4 is 14.2 Å². The van der Waals surface area contributed by atoms with Crippen LogP contribution in [0.15, 0.2) is 29.2 Å². The molecule has 0 fully saturated rings. The van der Waals surface area contributed by atoms with Crippen LogP contribution in [0, 0.1) is 34.6 Å². The minimum absolute atomic E-state index is 0.194. The van der Waals surface area contributed by atoms with Gasteiger partial charge < -0.3 is 9.47 Å². The van der Waals surface area contributed by atoms with Gasteiger partial charge in [-0.05, 0) is 80.6 Å². The Balaban J connectivity index is 2.03. The van der Waals surface area contributed by atoms with Crippen LogP contribution >= 0.6 is 0 Å². The molecule has 6 heteroatoms. The summed E-state index contributed by atoms with van der Waals surface area (Å²) >= 11 is 0. The zero-order chi connectivity index (χ0) is 19.5. The second-order valence-corrected chi connectivity index (χ2v) is 8.27. The number of benzene rings is 2. The average Bonchev–Trinajstić information content (AvgIpc) is 2.57. The van der Waals surface area contributed by atoms with Crippen molar-refractivity contribution < 1.29 is 17.9 Å². The minimum Gasteiger partial charge on any atom is -0.496 e. The largest absolute Gasteiger partial charge is 0.496 e. The van der Waals surface area contributed by atoms with Crippen LogP contribution in [0.3, 0.4) is 0 Å². The highest BCUT2D eigenvalue weighted by Gasteiger charge is 2.18. The molecule has 26 heavy (non-hydrogen) atoms. The molecular weight excluding hydrogens is 350 g/mol. The summed E-state index contributed by atoms with van der Waals surface area (Å²) in [6.07, 6.45) is 0. The number of methoxy groups -OCH3 is 1. The van der Waals surface area contributed by atoms with Crippen molar-refractivity contribution in [2.75, 3.05) is 20.3 Å². The van der Waals surface area contributed by atoms with E-state index >= 15 is 0 Å². The second kappa shape index (κ2) is 8.10. The van der Waals surface area contributed by atoms with E-state index in [-0.39, 0.29) is 18.0 Å². The van der Waals surface area contributed by atoms with Gasteiger partial charge in [0.15, 0.2) is 0 Å². The first-order chi connectivity index (χ1) is 12.2. The van der Waals surface area contributed by atoms with Gasteiger partial charge in [0, 0.05) is 6.54 Å². The molecule has 0 heterocycles. The molecule has 0 amide bonds. The van der Waals surface area contributed by atoms with E-state index in [0.717, 1.165) is 22.4 Å². The molecule has 0 atom stereocenters. The number of ether oxygens (including phenoxy) is 2. The topological polar surface area (TPSA) is 64.6 Å². The summed E-state index contributed by atoms with van der Waals surface area (Å²) in [5.41, 5.74) is 4.82. The highest BCUT2D eigenvalue weighted by Crippen LogP contribution is 2.25. The van der Waals surface area contributed by atoms with Gasteiger partial charge in [-0.15, -0.1) is 0 Å². The lowest BCUT2D eigenvalue weighted by Crippen LogP contribution is -2.29. The van der Waals surface area contributed by atoms with E-state index in [1.54, 1.807) is 26.2 Å². The molecule has 0 aromatic heterocycles. The van der Waals surface area contributed by atoms with E-state index in [1.165, 1.54) is 5.56 Å². The van der Waals surface area contributed by atoms with Gasteiger partial charge >= 0.3 is 0 Å². The van der Waals surface area contributed by atoms with E-state index in [1.807, 2.05) is 26.8 Å². The molecule has 142 valence electrons. The van der Waals surface area contributed by atoms with Gasteiger partial charge in [0.2, 0.25) is 10.0 Å². The summed E-state index contributed by atoms with van der Waals surface area (Å²) in [4.78, 5) is 0.262. The molecule has 2 rings (SSSR count). The Bertz CT molecular complexity index is 905. The SMILES string of the molecule is COc1cc(C)c(S(=O)(=O)NCCOc2cc(C)c(C)cc2C)cc1C. The third-order valence-electron chi connectivity index (χ3n) is 4.42. The molecule has 0 aliphatic rings. The molecule has 0 aliphatic heterocycles. The highest BCUT2D eigenvalue weighted by molar-refractivity contribution is 7.89. The number of hydrogen-bond acceptors (Lipinski definition) is 4. The fraction of sp³-hybridized carbons (Fsp3) is 0.400. The quantitative estimate of drug-likeness (QED) is 0.749. The molecule has 2 aromatic rings. The molecule has 0 spiro atoms. The second-order valence-electron chi connectivity index (χ2n) is 6.54. The van der Waals surface area contributed by atoms with Crippen molar-refractivity contribution in [1.29, 1.82) is 0 Å². The molecule has 0 saturated carbocycles. The maximum atomic E-state index is 12.6. The predicted octanol–water partition coefficient (Wildman–Crippen LogP) is 3.59. The Hall–Kier alpha value is -2.05. The summed E-state index contributed by atoms with van der Waals surface area (Å²) < 4.78 is 38.7. The third-order valence-corrected chi connectivity index (χ3v) is 6.03. The molecule has 2 aromatic carbocycles. The van der Waals surface area contributed by atoms with Gasteiger partial charge in [0.1, 0.15) is 18.1 Å². The number of aryl methyl sites for hydroxylation is 5. The van der Waals surface area contributed by atoms with E-state index < -0.39 is 10.0 Å². The van der Waals surface area contributed by atoms with E-state index in [0.29, 0.717) is 11.3 Å². The third kappa shape index (κ3) is 4.56. The lowest BCUT2D eigenvalue weighted by atomic mass is 10.1. The van der Waals surface area contributed by atoms with Crippen molar-refractivity contribution in [2.24, 2.45) is 0 Å². The van der Waals surface area contributed by atoms with Crippen molar-refractivity contribution in [3.63, 3.8) is 0 Å². The Morgan fingerprint density at radius 1 is 0.808 bits per heavy atom.